The molecule has 1 aliphatic rings. The van der Waals surface area contributed by atoms with Crippen LogP contribution in [0.25, 0.3) is 0 Å². The largest absolute Gasteiger partial charge is 0.497 e. The smallest absolute Gasteiger partial charge is 0.277 e. The molecule has 0 radical (unpaired) electrons. The molecular formula is C25H22N4O7. The fourth-order valence-electron chi connectivity index (χ4n) is 4.03. The minimum absolute atomic E-state index is 0.0642. The number of methoxy groups -OCH3 is 1. The lowest BCUT2D eigenvalue weighted by Crippen LogP contribution is -2.36. The van der Waals surface area contributed by atoms with Crippen LogP contribution in [-0.4, -0.2) is 40.2 Å². The third-order valence-electron chi connectivity index (χ3n) is 5.95. The molecule has 0 fully saturated rings. The van der Waals surface area contributed by atoms with E-state index in [1.54, 1.807) is 36.3 Å². The molecule has 36 heavy (non-hydrogen) atoms. The van der Waals surface area contributed by atoms with E-state index in [0.717, 1.165) is 34.9 Å². The van der Waals surface area contributed by atoms with Crippen molar-refractivity contribution in [3.8, 4) is 5.75 Å². The molecule has 0 atom stereocenters. The molecule has 3 aromatic rings. The van der Waals surface area contributed by atoms with E-state index in [-0.39, 0.29) is 18.0 Å². The van der Waals surface area contributed by atoms with Gasteiger partial charge in [-0.05, 0) is 47.4 Å². The SMILES string of the molecule is COc1ccc(C(=O)N2CCc3cc(CNC(=O)c4cc([N+](=O)[O-])cc([N+](=O)[O-])c4)ccc3C2)cc1. The summed E-state index contributed by atoms with van der Waals surface area (Å²) >= 11 is 0. The number of amides is 2. The fraction of sp³-hybridized carbons (Fsp3) is 0.200. The number of hydrogen-bond acceptors (Lipinski definition) is 7. The van der Waals surface area contributed by atoms with E-state index in [1.165, 1.54) is 0 Å². The summed E-state index contributed by atoms with van der Waals surface area (Å²) in [6.45, 7) is 1.15. The number of ether oxygens (including phenoxy) is 1. The molecule has 4 rings (SSSR count). The molecule has 0 saturated carbocycles. The first-order chi connectivity index (χ1) is 17.2. The third-order valence-corrected chi connectivity index (χ3v) is 5.95. The van der Waals surface area contributed by atoms with Crippen LogP contribution in [0.15, 0.2) is 60.7 Å². The van der Waals surface area contributed by atoms with E-state index in [9.17, 15) is 29.8 Å². The molecule has 0 aliphatic carbocycles. The van der Waals surface area contributed by atoms with Crippen molar-refractivity contribution in [3.05, 3.63) is 109 Å². The van der Waals surface area contributed by atoms with Gasteiger partial charge in [-0.15, -0.1) is 0 Å². The van der Waals surface area contributed by atoms with Crippen molar-refractivity contribution < 1.29 is 24.2 Å². The Labute approximate surface area is 205 Å². The van der Waals surface area contributed by atoms with Crippen molar-refractivity contribution >= 4 is 23.2 Å². The fourth-order valence-corrected chi connectivity index (χ4v) is 4.03. The summed E-state index contributed by atoms with van der Waals surface area (Å²) in [5.41, 5.74) is 2.23. The second-order valence-corrected chi connectivity index (χ2v) is 8.24. The highest BCUT2D eigenvalue weighted by Gasteiger charge is 2.23. The maximum atomic E-state index is 12.9. The summed E-state index contributed by atoms with van der Waals surface area (Å²) in [5.74, 6) is -0.0413. The van der Waals surface area contributed by atoms with Gasteiger partial charge in [-0.3, -0.25) is 29.8 Å². The minimum atomic E-state index is -0.782. The van der Waals surface area contributed by atoms with Gasteiger partial charge in [-0.1, -0.05) is 18.2 Å². The zero-order valence-corrected chi connectivity index (χ0v) is 19.3. The molecule has 0 aromatic heterocycles. The molecule has 1 N–H and O–H groups in total. The van der Waals surface area contributed by atoms with Crippen LogP contribution in [0.5, 0.6) is 5.75 Å². The minimum Gasteiger partial charge on any atom is -0.497 e. The van der Waals surface area contributed by atoms with Crippen LogP contribution in [0.2, 0.25) is 0 Å². The quantitative estimate of drug-likeness (QED) is 0.393. The van der Waals surface area contributed by atoms with Gasteiger partial charge in [0.05, 0.1) is 28.6 Å². The number of nitrogens with one attached hydrogen (secondary N) is 1. The lowest BCUT2D eigenvalue weighted by molar-refractivity contribution is -0.394. The van der Waals surface area contributed by atoms with Gasteiger partial charge in [0.2, 0.25) is 0 Å². The number of nitro benzene ring substituents is 2. The van der Waals surface area contributed by atoms with E-state index in [1.807, 2.05) is 18.2 Å². The monoisotopic (exact) mass is 490 g/mol. The normalized spacial score (nSPS) is 12.4. The van der Waals surface area contributed by atoms with Crippen LogP contribution in [0.3, 0.4) is 0 Å². The van der Waals surface area contributed by atoms with Gasteiger partial charge in [0, 0.05) is 37.3 Å². The average Bonchev–Trinajstić information content (AvgIpc) is 2.90. The van der Waals surface area contributed by atoms with Gasteiger partial charge in [-0.25, -0.2) is 0 Å². The zero-order valence-electron chi connectivity index (χ0n) is 19.3. The Bertz CT molecular complexity index is 1320. The van der Waals surface area contributed by atoms with Crippen molar-refractivity contribution in [1.82, 2.24) is 10.2 Å². The van der Waals surface area contributed by atoms with Crippen molar-refractivity contribution in [2.45, 2.75) is 19.5 Å². The number of nitrogens with zero attached hydrogens (tertiary/aromatic N) is 3. The summed E-state index contributed by atoms with van der Waals surface area (Å²) < 4.78 is 5.14. The van der Waals surface area contributed by atoms with Gasteiger partial charge in [-0.2, -0.15) is 0 Å². The van der Waals surface area contributed by atoms with Crippen molar-refractivity contribution in [3.63, 3.8) is 0 Å². The Kier molecular flexibility index (Phi) is 6.91. The number of non-ortho nitro benzene ring substituents is 2. The molecule has 0 saturated heterocycles. The highest BCUT2D eigenvalue weighted by atomic mass is 16.6. The molecule has 11 heteroatoms. The Morgan fingerprint density at radius 3 is 2.19 bits per heavy atom. The number of hydrogen-bond donors (Lipinski definition) is 1. The van der Waals surface area contributed by atoms with E-state index < -0.39 is 27.1 Å². The lowest BCUT2D eigenvalue weighted by atomic mass is 9.96. The number of nitro groups is 2. The molecule has 3 aromatic carbocycles. The van der Waals surface area contributed by atoms with Gasteiger partial charge < -0.3 is 15.0 Å². The molecule has 0 bridgehead atoms. The van der Waals surface area contributed by atoms with Crippen LogP contribution < -0.4 is 10.1 Å². The van der Waals surface area contributed by atoms with Crippen LogP contribution >= 0.6 is 0 Å². The highest BCUT2D eigenvalue weighted by molar-refractivity contribution is 5.95. The lowest BCUT2D eigenvalue weighted by Gasteiger charge is -2.29. The topological polar surface area (TPSA) is 145 Å². The van der Waals surface area contributed by atoms with Crippen LogP contribution in [-0.2, 0) is 19.5 Å². The van der Waals surface area contributed by atoms with Crippen LogP contribution in [0.1, 0.15) is 37.4 Å². The molecule has 0 spiro atoms. The summed E-state index contributed by atoms with van der Waals surface area (Å²) in [4.78, 5) is 47.7. The van der Waals surface area contributed by atoms with E-state index in [4.69, 9.17) is 4.74 Å². The van der Waals surface area contributed by atoms with Crippen molar-refractivity contribution in [2.24, 2.45) is 0 Å². The summed E-state index contributed by atoms with van der Waals surface area (Å²) in [7, 11) is 1.57. The summed E-state index contributed by atoms with van der Waals surface area (Å²) in [6.07, 6.45) is 0.649. The second kappa shape index (κ2) is 10.2. The first-order valence-electron chi connectivity index (χ1n) is 11.0. The first kappa shape index (κ1) is 24.3. The Morgan fingerprint density at radius 1 is 0.917 bits per heavy atom. The Hall–Kier alpha value is -4.80. The number of carbonyl (C=O) groups is 2. The molecule has 1 heterocycles. The van der Waals surface area contributed by atoms with Gasteiger partial charge >= 0.3 is 0 Å². The maximum Gasteiger partial charge on any atom is 0.277 e. The standard InChI is InChI=1S/C25H22N4O7/c1-36-23-6-4-17(5-7-23)25(31)27-9-8-18-10-16(2-3-19(18)15-27)14-26-24(30)20-11-21(28(32)33)13-22(12-20)29(34)35/h2-7,10-13H,8-9,14-15H2,1H3,(H,26,30). The van der Waals surface area contributed by atoms with Gasteiger partial charge in [0.15, 0.2) is 0 Å². The number of carbonyl (C=O) groups excluding carboxylic acids is 2. The number of fused-ring (bicyclic) bond motifs is 1. The molecule has 1 aliphatic heterocycles. The highest BCUT2D eigenvalue weighted by Crippen LogP contribution is 2.24. The molecular weight excluding hydrogens is 468 g/mol. The van der Waals surface area contributed by atoms with Gasteiger partial charge in [0.25, 0.3) is 23.2 Å². The first-order valence-corrected chi connectivity index (χ1v) is 11.0. The molecule has 11 nitrogen and oxygen atoms in total. The summed E-state index contributed by atoms with van der Waals surface area (Å²) in [6, 6.07) is 15.5. The molecule has 2 amide bonds. The Morgan fingerprint density at radius 2 is 1.58 bits per heavy atom. The van der Waals surface area contributed by atoms with E-state index >= 15 is 0 Å². The van der Waals surface area contributed by atoms with Gasteiger partial charge in [0.1, 0.15) is 5.75 Å². The zero-order chi connectivity index (χ0) is 25.8. The second-order valence-electron chi connectivity index (χ2n) is 8.24. The summed E-state index contributed by atoms with van der Waals surface area (Å²) in [5, 5.41) is 24.8. The maximum absolute atomic E-state index is 12.9. The third kappa shape index (κ3) is 5.30. The van der Waals surface area contributed by atoms with Crippen molar-refractivity contribution in [1.29, 1.82) is 0 Å². The van der Waals surface area contributed by atoms with E-state index in [0.29, 0.717) is 30.8 Å². The predicted octanol–water partition coefficient (Wildman–Crippen LogP) is 3.64. The number of rotatable bonds is 7. The molecule has 184 valence electrons. The number of benzene rings is 3. The van der Waals surface area contributed by atoms with Crippen LogP contribution in [0.4, 0.5) is 11.4 Å². The van der Waals surface area contributed by atoms with Crippen LogP contribution in [0, 0.1) is 20.2 Å². The van der Waals surface area contributed by atoms with E-state index in [2.05, 4.69) is 5.32 Å². The predicted molar refractivity (Wildman–Crippen MR) is 129 cm³/mol. The average molecular weight is 490 g/mol. The van der Waals surface area contributed by atoms with Crippen molar-refractivity contribution in [2.75, 3.05) is 13.7 Å². The Balaban J connectivity index is 1.41. The molecule has 0 unspecified atom stereocenters.